The van der Waals surface area contributed by atoms with Gasteiger partial charge in [0.25, 0.3) is 0 Å². The van der Waals surface area contributed by atoms with Crippen LogP contribution in [0.2, 0.25) is 0 Å². The number of rotatable bonds is 2. The molecule has 1 heterocycles. The fourth-order valence-electron chi connectivity index (χ4n) is 0.824. The summed E-state index contributed by atoms with van der Waals surface area (Å²) in [6, 6.07) is 0. The molecule has 0 amide bonds. The fraction of sp³-hybridized carbons (Fsp3) is 1.00. The Morgan fingerprint density at radius 2 is 2.45 bits per heavy atom. The number of hydrogen-bond acceptors (Lipinski definition) is 4. The lowest BCUT2D eigenvalue weighted by molar-refractivity contribution is -0.217. The summed E-state index contributed by atoms with van der Waals surface area (Å²) in [6.45, 7) is 0.760. The zero-order valence-corrected chi connectivity index (χ0v) is 5.88. The van der Waals surface area contributed by atoms with Gasteiger partial charge in [0.2, 0.25) is 0 Å². The molecule has 0 aliphatic carbocycles. The second-order valence-electron chi connectivity index (χ2n) is 2.16. The second-order valence-corrected chi connectivity index (χ2v) is 2.16. The number of aliphatic hydroxyl groups is 1. The Hall–Kier alpha value is -0.810. The zero-order valence-electron chi connectivity index (χ0n) is 5.88. The SMILES string of the molecule is [N-]=[N+]=NC[C@@H]1COC[C@@H](O)O1. The molecule has 0 aromatic carbocycles. The standard InChI is InChI=1S/C5H9N3O3/c6-8-7-1-4-2-10-3-5(9)11-4/h4-5,9H,1-3H2/t4-,5+/m1/s1. The van der Waals surface area contributed by atoms with Crippen molar-refractivity contribution in [2.75, 3.05) is 19.8 Å². The molecule has 1 saturated heterocycles. The van der Waals surface area contributed by atoms with Crippen molar-refractivity contribution in [2.24, 2.45) is 5.11 Å². The van der Waals surface area contributed by atoms with E-state index in [0.717, 1.165) is 0 Å². The van der Waals surface area contributed by atoms with E-state index in [-0.39, 0.29) is 19.3 Å². The summed E-state index contributed by atoms with van der Waals surface area (Å²) in [4.78, 5) is 2.56. The van der Waals surface area contributed by atoms with Gasteiger partial charge < -0.3 is 14.6 Å². The highest BCUT2D eigenvalue weighted by atomic mass is 16.7. The van der Waals surface area contributed by atoms with E-state index in [9.17, 15) is 0 Å². The van der Waals surface area contributed by atoms with Crippen LogP contribution in [-0.2, 0) is 9.47 Å². The quantitative estimate of drug-likeness (QED) is 0.350. The van der Waals surface area contributed by atoms with Crippen LogP contribution in [0.5, 0.6) is 0 Å². The minimum Gasteiger partial charge on any atom is -0.373 e. The Morgan fingerprint density at radius 1 is 1.64 bits per heavy atom. The van der Waals surface area contributed by atoms with Crippen molar-refractivity contribution in [1.82, 2.24) is 0 Å². The van der Waals surface area contributed by atoms with Gasteiger partial charge in [0.1, 0.15) is 0 Å². The van der Waals surface area contributed by atoms with Crippen molar-refractivity contribution in [1.29, 1.82) is 0 Å². The highest BCUT2D eigenvalue weighted by Gasteiger charge is 2.19. The van der Waals surface area contributed by atoms with Gasteiger partial charge in [-0.25, -0.2) is 0 Å². The Bertz CT molecular complexity index is 168. The Kier molecular flexibility index (Phi) is 3.13. The van der Waals surface area contributed by atoms with Gasteiger partial charge in [-0.05, 0) is 5.53 Å². The molecule has 1 N–H and O–H groups in total. The molecule has 0 aromatic rings. The van der Waals surface area contributed by atoms with Crippen LogP contribution in [0.15, 0.2) is 5.11 Å². The van der Waals surface area contributed by atoms with E-state index in [1.54, 1.807) is 0 Å². The van der Waals surface area contributed by atoms with E-state index in [1.165, 1.54) is 0 Å². The van der Waals surface area contributed by atoms with E-state index >= 15 is 0 Å². The Labute approximate surface area is 63.3 Å². The third kappa shape index (κ3) is 2.73. The molecule has 11 heavy (non-hydrogen) atoms. The van der Waals surface area contributed by atoms with E-state index in [2.05, 4.69) is 10.0 Å². The van der Waals surface area contributed by atoms with Gasteiger partial charge in [-0.15, -0.1) is 0 Å². The average Bonchev–Trinajstić information content (AvgIpc) is 2.01. The topological polar surface area (TPSA) is 87.5 Å². The molecule has 2 atom stereocenters. The van der Waals surface area contributed by atoms with E-state index < -0.39 is 6.29 Å². The van der Waals surface area contributed by atoms with Gasteiger partial charge in [-0.1, -0.05) is 5.11 Å². The van der Waals surface area contributed by atoms with E-state index in [1.807, 2.05) is 0 Å². The maximum absolute atomic E-state index is 8.90. The predicted octanol–water partition coefficient (Wildman–Crippen LogP) is 0.0305. The van der Waals surface area contributed by atoms with Crippen molar-refractivity contribution < 1.29 is 14.6 Å². The summed E-state index contributed by atoms with van der Waals surface area (Å²) in [6.07, 6.45) is -1.20. The van der Waals surface area contributed by atoms with Crippen molar-refractivity contribution in [3.8, 4) is 0 Å². The molecule has 62 valence electrons. The molecule has 1 aliphatic rings. The lowest BCUT2D eigenvalue weighted by Gasteiger charge is -2.25. The summed E-state index contributed by atoms with van der Waals surface area (Å²) >= 11 is 0. The summed E-state index contributed by atoms with van der Waals surface area (Å²) < 4.78 is 9.89. The van der Waals surface area contributed by atoms with Crippen LogP contribution in [0.4, 0.5) is 0 Å². The maximum Gasteiger partial charge on any atom is 0.178 e. The van der Waals surface area contributed by atoms with Crippen LogP contribution in [0.1, 0.15) is 0 Å². The molecule has 0 aromatic heterocycles. The summed E-state index contributed by atoms with van der Waals surface area (Å²) in [5.41, 5.74) is 7.96. The van der Waals surface area contributed by atoms with Crippen LogP contribution < -0.4 is 0 Å². The van der Waals surface area contributed by atoms with Gasteiger partial charge in [0.05, 0.1) is 25.9 Å². The first-order valence-corrected chi connectivity index (χ1v) is 3.25. The van der Waals surface area contributed by atoms with Crippen LogP contribution in [0.25, 0.3) is 10.4 Å². The summed E-state index contributed by atoms with van der Waals surface area (Å²) in [5.74, 6) is 0. The molecule has 0 radical (unpaired) electrons. The summed E-state index contributed by atoms with van der Waals surface area (Å²) in [5, 5.41) is 12.2. The molecule has 0 unspecified atom stereocenters. The van der Waals surface area contributed by atoms with Gasteiger partial charge >= 0.3 is 0 Å². The van der Waals surface area contributed by atoms with Gasteiger partial charge in [-0.2, -0.15) is 0 Å². The van der Waals surface area contributed by atoms with E-state index in [0.29, 0.717) is 6.61 Å². The molecule has 1 aliphatic heterocycles. The van der Waals surface area contributed by atoms with Crippen LogP contribution in [0, 0.1) is 0 Å². The van der Waals surface area contributed by atoms with Gasteiger partial charge in [0.15, 0.2) is 6.29 Å². The molecule has 0 saturated carbocycles. The van der Waals surface area contributed by atoms with E-state index in [4.69, 9.17) is 20.1 Å². The Balaban J connectivity index is 2.27. The summed E-state index contributed by atoms with van der Waals surface area (Å²) in [7, 11) is 0. The largest absolute Gasteiger partial charge is 0.373 e. The molecule has 6 nitrogen and oxygen atoms in total. The minimum atomic E-state index is -0.886. The monoisotopic (exact) mass is 159 g/mol. The highest BCUT2D eigenvalue weighted by Crippen LogP contribution is 2.05. The average molecular weight is 159 g/mol. The normalized spacial score (nSPS) is 31.0. The fourth-order valence-corrected chi connectivity index (χ4v) is 0.824. The number of aliphatic hydroxyl groups excluding tert-OH is 1. The maximum atomic E-state index is 8.90. The van der Waals surface area contributed by atoms with Crippen molar-refractivity contribution in [3.63, 3.8) is 0 Å². The molecule has 1 rings (SSSR count). The third-order valence-corrected chi connectivity index (χ3v) is 1.26. The number of hydrogen-bond donors (Lipinski definition) is 1. The number of nitrogens with zero attached hydrogens (tertiary/aromatic N) is 3. The molecule has 0 bridgehead atoms. The van der Waals surface area contributed by atoms with Crippen molar-refractivity contribution >= 4 is 0 Å². The molecular formula is C5H9N3O3. The smallest absolute Gasteiger partial charge is 0.178 e. The first kappa shape index (κ1) is 8.29. The first-order valence-electron chi connectivity index (χ1n) is 3.25. The van der Waals surface area contributed by atoms with Crippen LogP contribution in [-0.4, -0.2) is 37.3 Å². The van der Waals surface area contributed by atoms with Crippen LogP contribution >= 0.6 is 0 Å². The Morgan fingerprint density at radius 3 is 3.09 bits per heavy atom. The minimum absolute atomic E-state index is 0.187. The molecular weight excluding hydrogens is 150 g/mol. The first-order chi connectivity index (χ1) is 5.33. The highest BCUT2D eigenvalue weighted by molar-refractivity contribution is 4.65. The molecule has 0 spiro atoms. The van der Waals surface area contributed by atoms with Gasteiger partial charge in [0, 0.05) is 4.91 Å². The van der Waals surface area contributed by atoms with Crippen LogP contribution in [0.3, 0.4) is 0 Å². The lowest BCUT2D eigenvalue weighted by Crippen LogP contribution is -2.37. The number of azide groups is 1. The third-order valence-electron chi connectivity index (χ3n) is 1.26. The number of ether oxygens (including phenoxy) is 2. The molecule has 1 fully saturated rings. The van der Waals surface area contributed by atoms with Crippen molar-refractivity contribution in [3.05, 3.63) is 10.4 Å². The second kappa shape index (κ2) is 4.15. The predicted molar refractivity (Wildman–Crippen MR) is 35.7 cm³/mol. The lowest BCUT2D eigenvalue weighted by atomic mass is 10.3. The molecule has 6 heteroatoms. The van der Waals surface area contributed by atoms with Crippen molar-refractivity contribution in [2.45, 2.75) is 12.4 Å². The zero-order chi connectivity index (χ0) is 8.10. The van der Waals surface area contributed by atoms with Gasteiger partial charge in [-0.3, -0.25) is 0 Å².